The molecule has 2 fully saturated rings. The van der Waals surface area contributed by atoms with E-state index < -0.39 is 0 Å². The molecule has 1 N–H and O–H groups in total. The zero-order valence-electron chi connectivity index (χ0n) is 10.5. The molecular weight excluding hydrogens is 182 g/mol. The van der Waals surface area contributed by atoms with Crippen molar-refractivity contribution < 1.29 is 0 Å². The summed E-state index contributed by atoms with van der Waals surface area (Å²) < 4.78 is 0. The van der Waals surface area contributed by atoms with Gasteiger partial charge in [-0.3, -0.25) is 0 Å². The largest absolute Gasteiger partial charge is 0.313 e. The van der Waals surface area contributed by atoms with Crippen LogP contribution in [0, 0.1) is 17.8 Å². The Labute approximate surface area is 95.0 Å². The van der Waals surface area contributed by atoms with Crippen LogP contribution in [0.4, 0.5) is 0 Å². The molecule has 1 unspecified atom stereocenters. The second kappa shape index (κ2) is 5.34. The fourth-order valence-electron chi connectivity index (χ4n) is 3.16. The number of hydrogen-bond acceptors (Lipinski definition) is 1. The molecule has 0 heterocycles. The maximum atomic E-state index is 3.81. The van der Waals surface area contributed by atoms with E-state index >= 15 is 0 Å². The Morgan fingerprint density at radius 1 is 1.07 bits per heavy atom. The van der Waals surface area contributed by atoms with E-state index in [1.165, 1.54) is 51.5 Å². The van der Waals surface area contributed by atoms with Crippen LogP contribution in [-0.4, -0.2) is 12.6 Å². The van der Waals surface area contributed by atoms with Gasteiger partial charge in [-0.1, -0.05) is 39.5 Å². The van der Waals surface area contributed by atoms with Crippen molar-refractivity contribution in [2.24, 2.45) is 17.8 Å². The number of hydrogen-bond donors (Lipinski definition) is 1. The lowest BCUT2D eigenvalue weighted by atomic mass is 9.98. The van der Waals surface area contributed by atoms with Crippen molar-refractivity contribution in [3.63, 3.8) is 0 Å². The molecule has 1 nitrogen and oxygen atoms in total. The van der Waals surface area contributed by atoms with Gasteiger partial charge in [-0.25, -0.2) is 0 Å². The van der Waals surface area contributed by atoms with E-state index in [4.69, 9.17) is 0 Å². The van der Waals surface area contributed by atoms with Crippen LogP contribution < -0.4 is 5.32 Å². The summed E-state index contributed by atoms with van der Waals surface area (Å²) in [6, 6.07) is 0.811. The molecule has 0 aromatic carbocycles. The first-order chi connectivity index (χ1) is 7.27. The van der Waals surface area contributed by atoms with Gasteiger partial charge in [0, 0.05) is 6.04 Å². The predicted octanol–water partition coefficient (Wildman–Crippen LogP) is 3.59. The first-order valence-corrected chi connectivity index (χ1v) is 7.00. The zero-order valence-corrected chi connectivity index (χ0v) is 10.5. The minimum Gasteiger partial charge on any atom is -0.313 e. The Balaban J connectivity index is 1.62. The van der Waals surface area contributed by atoms with Crippen molar-refractivity contribution in [2.45, 2.75) is 64.8 Å². The molecule has 2 aliphatic rings. The van der Waals surface area contributed by atoms with Gasteiger partial charge in [0.15, 0.2) is 0 Å². The first kappa shape index (κ1) is 11.4. The Hall–Kier alpha value is -0.0400. The molecule has 2 saturated carbocycles. The summed E-state index contributed by atoms with van der Waals surface area (Å²) in [6.45, 7) is 6.00. The molecule has 2 aliphatic carbocycles. The lowest BCUT2D eigenvalue weighted by Gasteiger charge is -2.23. The number of nitrogens with one attached hydrogen (secondary N) is 1. The van der Waals surface area contributed by atoms with Crippen molar-refractivity contribution >= 4 is 0 Å². The van der Waals surface area contributed by atoms with Crippen LogP contribution in [0.5, 0.6) is 0 Å². The molecule has 0 aliphatic heterocycles. The van der Waals surface area contributed by atoms with E-state index in [2.05, 4.69) is 19.2 Å². The van der Waals surface area contributed by atoms with E-state index in [0.29, 0.717) is 0 Å². The van der Waals surface area contributed by atoms with Crippen molar-refractivity contribution in [2.75, 3.05) is 6.54 Å². The summed E-state index contributed by atoms with van der Waals surface area (Å²) in [6.07, 6.45) is 10.3. The fraction of sp³-hybridized carbons (Fsp3) is 1.00. The smallest absolute Gasteiger partial charge is 0.0118 e. The third-order valence-corrected chi connectivity index (χ3v) is 4.26. The van der Waals surface area contributed by atoms with E-state index in [9.17, 15) is 0 Å². The second-order valence-corrected chi connectivity index (χ2v) is 6.00. The first-order valence-electron chi connectivity index (χ1n) is 7.00. The maximum absolute atomic E-state index is 3.81. The molecule has 0 spiro atoms. The standard InChI is InChI=1S/C14H27N/c1-11(2)14(13-7-8-13)15-10-9-12-5-3-4-6-12/h11-15H,3-10H2,1-2H3. The Kier molecular flexibility index (Phi) is 4.07. The van der Waals surface area contributed by atoms with Crippen molar-refractivity contribution in [3.05, 3.63) is 0 Å². The van der Waals surface area contributed by atoms with Gasteiger partial charge in [0.25, 0.3) is 0 Å². The van der Waals surface area contributed by atoms with Crippen LogP contribution in [0.15, 0.2) is 0 Å². The Morgan fingerprint density at radius 2 is 1.73 bits per heavy atom. The van der Waals surface area contributed by atoms with Crippen molar-refractivity contribution in [1.29, 1.82) is 0 Å². The second-order valence-electron chi connectivity index (χ2n) is 6.00. The minimum atomic E-state index is 0.811. The summed E-state index contributed by atoms with van der Waals surface area (Å²) in [7, 11) is 0. The van der Waals surface area contributed by atoms with Gasteiger partial charge in [-0.05, 0) is 43.6 Å². The van der Waals surface area contributed by atoms with Crippen LogP contribution in [0.3, 0.4) is 0 Å². The third kappa shape index (κ3) is 3.48. The van der Waals surface area contributed by atoms with Gasteiger partial charge in [-0.2, -0.15) is 0 Å². The van der Waals surface area contributed by atoms with E-state index in [0.717, 1.165) is 23.8 Å². The molecule has 0 saturated heterocycles. The SMILES string of the molecule is CC(C)C(NCCC1CCCC1)C1CC1. The molecule has 0 bridgehead atoms. The van der Waals surface area contributed by atoms with Crippen molar-refractivity contribution in [3.8, 4) is 0 Å². The quantitative estimate of drug-likeness (QED) is 0.705. The zero-order chi connectivity index (χ0) is 10.7. The van der Waals surface area contributed by atoms with Gasteiger partial charge in [0.1, 0.15) is 0 Å². The molecule has 0 aromatic rings. The highest BCUT2D eigenvalue weighted by Crippen LogP contribution is 2.35. The average molecular weight is 209 g/mol. The molecular formula is C14H27N. The molecule has 1 heteroatoms. The molecule has 1 atom stereocenters. The molecule has 88 valence electrons. The monoisotopic (exact) mass is 209 g/mol. The third-order valence-electron chi connectivity index (χ3n) is 4.26. The lowest BCUT2D eigenvalue weighted by molar-refractivity contribution is 0.344. The van der Waals surface area contributed by atoms with E-state index in [1.807, 2.05) is 0 Å². The maximum Gasteiger partial charge on any atom is 0.0118 e. The topological polar surface area (TPSA) is 12.0 Å². The molecule has 0 aromatic heterocycles. The van der Waals surface area contributed by atoms with Crippen LogP contribution >= 0.6 is 0 Å². The summed E-state index contributed by atoms with van der Waals surface area (Å²) in [5.41, 5.74) is 0. The minimum absolute atomic E-state index is 0.811. The van der Waals surface area contributed by atoms with Gasteiger partial charge in [0.05, 0.1) is 0 Å². The predicted molar refractivity (Wildman–Crippen MR) is 65.9 cm³/mol. The van der Waals surface area contributed by atoms with Crippen LogP contribution in [0.1, 0.15) is 58.8 Å². The van der Waals surface area contributed by atoms with Gasteiger partial charge >= 0.3 is 0 Å². The van der Waals surface area contributed by atoms with Gasteiger partial charge in [-0.15, -0.1) is 0 Å². The molecule has 15 heavy (non-hydrogen) atoms. The Bertz CT molecular complexity index is 176. The Morgan fingerprint density at radius 3 is 2.27 bits per heavy atom. The normalized spacial score (nSPS) is 25.0. The van der Waals surface area contributed by atoms with E-state index in [-0.39, 0.29) is 0 Å². The number of rotatable bonds is 6. The molecule has 0 radical (unpaired) electrons. The summed E-state index contributed by atoms with van der Waals surface area (Å²) in [5.74, 6) is 2.87. The highest BCUT2D eigenvalue weighted by atomic mass is 14.9. The summed E-state index contributed by atoms with van der Waals surface area (Å²) in [5, 5.41) is 3.81. The lowest BCUT2D eigenvalue weighted by Crippen LogP contribution is -2.36. The van der Waals surface area contributed by atoms with Gasteiger partial charge < -0.3 is 5.32 Å². The molecule has 0 amide bonds. The highest BCUT2D eigenvalue weighted by Gasteiger charge is 2.32. The van der Waals surface area contributed by atoms with Crippen molar-refractivity contribution in [1.82, 2.24) is 5.32 Å². The summed E-state index contributed by atoms with van der Waals surface area (Å²) >= 11 is 0. The highest BCUT2D eigenvalue weighted by molar-refractivity contribution is 4.88. The molecule has 2 rings (SSSR count). The van der Waals surface area contributed by atoms with Crippen LogP contribution in [0.2, 0.25) is 0 Å². The van der Waals surface area contributed by atoms with Gasteiger partial charge in [0.2, 0.25) is 0 Å². The van der Waals surface area contributed by atoms with Crippen LogP contribution in [-0.2, 0) is 0 Å². The summed E-state index contributed by atoms with van der Waals surface area (Å²) in [4.78, 5) is 0. The average Bonchev–Trinajstić information content (AvgIpc) is 2.89. The van der Waals surface area contributed by atoms with E-state index in [1.54, 1.807) is 0 Å². The fourth-order valence-corrected chi connectivity index (χ4v) is 3.16. The van der Waals surface area contributed by atoms with Crippen LogP contribution in [0.25, 0.3) is 0 Å².